The van der Waals surface area contributed by atoms with Crippen LogP contribution in [0.15, 0.2) is 16.9 Å². The Hall–Kier alpha value is -0.400. The van der Waals surface area contributed by atoms with Gasteiger partial charge in [0.05, 0.1) is 6.61 Å². The van der Waals surface area contributed by atoms with E-state index in [1.165, 1.54) is 12.1 Å². The first-order valence-electron chi connectivity index (χ1n) is 6.04. The van der Waals surface area contributed by atoms with Crippen molar-refractivity contribution < 1.29 is 24.0 Å². The maximum absolute atomic E-state index is 11.2. The minimum Gasteiger partial charge on any atom is -0.387 e. The Balaban J connectivity index is 2.16. The van der Waals surface area contributed by atoms with E-state index in [0.717, 1.165) is 0 Å². The smallest absolute Gasteiger partial charge is 0.380 e. The normalized spacial score (nSPS) is 29.8. The van der Waals surface area contributed by atoms with Crippen LogP contribution in [0.1, 0.15) is 17.4 Å². The number of nitrogens with one attached hydrogen (secondary N) is 1. The van der Waals surface area contributed by atoms with E-state index >= 15 is 0 Å². The number of hydrogen-bond donors (Lipinski definition) is 3. The third-order valence-corrected chi connectivity index (χ3v) is 4.25. The summed E-state index contributed by atoms with van der Waals surface area (Å²) in [4.78, 5) is 13.8. The van der Waals surface area contributed by atoms with Gasteiger partial charge in [0.1, 0.15) is 24.4 Å². The summed E-state index contributed by atoms with van der Waals surface area (Å²) in [5.41, 5.74) is 0.763. The van der Waals surface area contributed by atoms with Crippen LogP contribution >= 0.6 is 28.6 Å². The molecule has 1 aromatic heterocycles. The van der Waals surface area contributed by atoms with Gasteiger partial charge in [-0.15, -0.1) is 0 Å². The number of aliphatic hydroxyl groups excluding tert-OH is 2. The van der Waals surface area contributed by atoms with E-state index in [-0.39, 0.29) is 12.2 Å². The van der Waals surface area contributed by atoms with Crippen molar-refractivity contribution in [3.63, 3.8) is 0 Å². The van der Waals surface area contributed by atoms with Gasteiger partial charge in [-0.05, 0) is 35.5 Å². The predicted molar refractivity (Wildman–Crippen MR) is 76.7 cm³/mol. The molecule has 0 aromatic carbocycles. The molecule has 0 saturated carbocycles. The number of H-pyrrole nitrogens is 1. The van der Waals surface area contributed by atoms with E-state index < -0.39 is 30.5 Å². The fourth-order valence-corrected chi connectivity index (χ4v) is 2.86. The van der Waals surface area contributed by atoms with E-state index in [9.17, 15) is 19.6 Å². The van der Waals surface area contributed by atoms with Gasteiger partial charge in [0.2, 0.25) is 5.56 Å². The minimum absolute atomic E-state index is 0.283. The number of hydrogen-bond acceptors (Lipinski definition) is 6. The highest BCUT2D eigenvalue weighted by Crippen LogP contribution is 2.57. The molecule has 2 rings (SSSR count). The Morgan fingerprint density at radius 2 is 2.05 bits per heavy atom. The maximum atomic E-state index is 11.2. The molecule has 1 aliphatic rings. The van der Waals surface area contributed by atoms with Crippen molar-refractivity contribution in [2.75, 3.05) is 6.61 Å². The highest BCUT2D eigenvalue weighted by molar-refractivity contribution is 8.05. The highest BCUT2D eigenvalue weighted by Gasteiger charge is 2.44. The third kappa shape index (κ3) is 4.07. The fourth-order valence-electron chi connectivity index (χ4n) is 2.20. The second-order valence-corrected chi connectivity index (χ2v) is 8.97. The number of aromatic amines is 1. The van der Waals surface area contributed by atoms with Crippen molar-refractivity contribution in [2.45, 2.75) is 31.3 Å². The topological polar surface area (TPSA) is 109 Å². The first-order chi connectivity index (χ1) is 9.69. The molecule has 1 saturated heterocycles. The van der Waals surface area contributed by atoms with Crippen LogP contribution in [-0.4, -0.2) is 40.1 Å². The van der Waals surface area contributed by atoms with Crippen LogP contribution in [0.3, 0.4) is 0 Å². The monoisotopic (exact) mass is 357 g/mol. The molecule has 0 aliphatic carbocycles. The lowest BCUT2D eigenvalue weighted by Gasteiger charge is -2.16. The first kappa shape index (κ1) is 17.0. The number of aliphatic hydroxyl groups is 2. The first-order valence-corrected chi connectivity index (χ1v) is 9.48. The highest BCUT2D eigenvalue weighted by atomic mass is 35.9. The van der Waals surface area contributed by atoms with Crippen LogP contribution in [0, 0.1) is 6.92 Å². The van der Waals surface area contributed by atoms with Crippen molar-refractivity contribution in [1.29, 1.82) is 0 Å². The Labute approximate surface area is 129 Å². The van der Waals surface area contributed by atoms with Crippen LogP contribution in [0.5, 0.6) is 0 Å². The number of aromatic nitrogens is 1. The summed E-state index contributed by atoms with van der Waals surface area (Å²) >= 11 is 10.5. The molecule has 3 N–H and O–H groups in total. The van der Waals surface area contributed by atoms with Gasteiger partial charge in [-0.25, -0.2) is 0 Å². The minimum atomic E-state index is -3.75. The summed E-state index contributed by atoms with van der Waals surface area (Å²) < 4.78 is 21.3. The number of pyridine rings is 1. The van der Waals surface area contributed by atoms with Gasteiger partial charge in [0, 0.05) is 17.3 Å². The molecule has 21 heavy (non-hydrogen) atoms. The maximum Gasteiger partial charge on any atom is 0.380 e. The van der Waals surface area contributed by atoms with Gasteiger partial charge < -0.3 is 24.5 Å². The van der Waals surface area contributed by atoms with Gasteiger partial charge in [0.15, 0.2) is 0 Å². The molecule has 0 bridgehead atoms. The van der Waals surface area contributed by atoms with Gasteiger partial charge in [-0.2, -0.15) is 0 Å². The second-order valence-electron chi connectivity index (χ2n) is 4.69. The predicted octanol–water partition coefficient (Wildman–Crippen LogP) is 1.45. The Morgan fingerprint density at radius 3 is 2.62 bits per heavy atom. The lowest BCUT2D eigenvalue weighted by atomic mass is 10.0. The Kier molecular flexibility index (Phi) is 5.15. The van der Waals surface area contributed by atoms with Gasteiger partial charge in [-0.3, -0.25) is 9.36 Å². The average Bonchev–Trinajstić information content (AvgIpc) is 2.64. The van der Waals surface area contributed by atoms with E-state index in [4.69, 9.17) is 31.7 Å². The van der Waals surface area contributed by atoms with Crippen LogP contribution < -0.4 is 5.56 Å². The fraction of sp³-hybridized carbons (Fsp3) is 0.545. The summed E-state index contributed by atoms with van der Waals surface area (Å²) in [6, 6.07) is 2.80. The molecular formula is C11H14Cl2NO6P. The number of rotatable bonds is 4. The number of halogens is 2. The van der Waals surface area contributed by atoms with Crippen molar-refractivity contribution in [1.82, 2.24) is 4.98 Å². The summed E-state index contributed by atoms with van der Waals surface area (Å²) in [5.74, 6) is 0. The summed E-state index contributed by atoms with van der Waals surface area (Å²) in [6.45, 7) is 1.32. The zero-order valence-electron chi connectivity index (χ0n) is 10.9. The van der Waals surface area contributed by atoms with Crippen molar-refractivity contribution in [3.05, 3.63) is 33.7 Å². The molecule has 0 spiro atoms. The van der Waals surface area contributed by atoms with Crippen molar-refractivity contribution >= 4 is 28.6 Å². The lowest BCUT2D eigenvalue weighted by Crippen LogP contribution is -2.33. The molecule has 7 nitrogen and oxygen atoms in total. The molecule has 1 aliphatic heterocycles. The second kappa shape index (κ2) is 6.38. The van der Waals surface area contributed by atoms with Crippen LogP contribution in [0.25, 0.3) is 0 Å². The van der Waals surface area contributed by atoms with E-state index in [1.54, 1.807) is 6.92 Å². The third-order valence-electron chi connectivity index (χ3n) is 3.22. The van der Waals surface area contributed by atoms with Crippen LogP contribution in [0.4, 0.5) is 0 Å². The molecule has 1 unspecified atom stereocenters. The van der Waals surface area contributed by atoms with E-state index in [0.29, 0.717) is 11.3 Å². The lowest BCUT2D eigenvalue weighted by molar-refractivity contribution is -0.0155. The molecule has 0 amide bonds. The summed E-state index contributed by atoms with van der Waals surface area (Å²) in [6.07, 6.45) is -8.03. The zero-order valence-corrected chi connectivity index (χ0v) is 13.3. The molecule has 1 aromatic rings. The van der Waals surface area contributed by atoms with E-state index in [1.807, 2.05) is 0 Å². The molecular weight excluding hydrogens is 344 g/mol. The van der Waals surface area contributed by atoms with Gasteiger partial charge in [-0.1, -0.05) is 0 Å². The summed E-state index contributed by atoms with van der Waals surface area (Å²) in [7, 11) is 0. The SMILES string of the molecule is Cc1[nH]c(=O)ccc1[C@@H]1O[C@H](COP(=O)(Cl)Cl)[C@H](O)C1O. The quantitative estimate of drug-likeness (QED) is 0.703. The van der Waals surface area contributed by atoms with Crippen LogP contribution in [-0.2, 0) is 13.8 Å². The molecule has 4 atom stereocenters. The number of ether oxygens (including phenoxy) is 1. The molecule has 0 radical (unpaired) electrons. The standard InChI is InChI=1S/C11H14Cl2NO6P/c1-5-6(2-3-8(15)14-5)11-10(17)9(16)7(20-11)4-19-21(12,13)18/h2-3,7,9-11,16-17H,4H2,1H3,(H,14,15)/t7-,9+,10?,11+/m1/s1. The zero-order chi connectivity index (χ0) is 15.8. The average molecular weight is 358 g/mol. The Morgan fingerprint density at radius 1 is 1.38 bits per heavy atom. The van der Waals surface area contributed by atoms with Crippen molar-refractivity contribution in [3.8, 4) is 0 Å². The van der Waals surface area contributed by atoms with Crippen molar-refractivity contribution in [2.24, 2.45) is 0 Å². The molecule has 118 valence electrons. The molecule has 10 heteroatoms. The van der Waals surface area contributed by atoms with E-state index in [2.05, 4.69) is 4.98 Å². The summed E-state index contributed by atoms with van der Waals surface area (Å²) in [5, 5.41) is 20.0. The molecule has 2 heterocycles. The Bertz CT molecular complexity index is 617. The van der Waals surface area contributed by atoms with Gasteiger partial charge >= 0.3 is 6.07 Å². The van der Waals surface area contributed by atoms with Gasteiger partial charge in [0.25, 0.3) is 0 Å². The van der Waals surface area contributed by atoms with Crippen LogP contribution in [0.2, 0.25) is 0 Å². The number of aryl methyl sites for hydroxylation is 1. The largest absolute Gasteiger partial charge is 0.387 e. The molecule has 1 fully saturated rings.